The molecule has 0 N–H and O–H groups in total. The van der Waals surface area contributed by atoms with Crippen molar-refractivity contribution in [2.45, 2.75) is 26.7 Å². The van der Waals surface area contributed by atoms with Gasteiger partial charge in [-0.25, -0.2) is 5.01 Å². The van der Waals surface area contributed by atoms with E-state index in [9.17, 15) is 29.3 Å². The van der Waals surface area contributed by atoms with Crippen LogP contribution in [0.15, 0.2) is 60.2 Å². The van der Waals surface area contributed by atoms with Crippen molar-refractivity contribution < 1.29 is 24.1 Å². The molecule has 2 aromatic rings. The molecule has 2 aliphatic rings. The Morgan fingerprint density at radius 1 is 1.03 bits per heavy atom. The van der Waals surface area contributed by atoms with E-state index in [0.29, 0.717) is 18.4 Å². The number of Topliss-reactive ketones (excluding diaryl/α,β-unsaturated/α-hetero) is 1. The normalized spacial score (nSPS) is 19.5. The molecular weight excluding hydrogens is 438 g/mol. The number of nitrogens with zero attached hydrogens (tertiary/aromatic N) is 3. The number of rotatable bonds is 6. The molecule has 0 bridgehead atoms. The smallest absolute Gasteiger partial charge is 0.273 e. The first-order valence-electron chi connectivity index (χ1n) is 10.9. The van der Waals surface area contributed by atoms with Crippen LogP contribution in [0.4, 0.5) is 5.69 Å². The molecule has 174 valence electrons. The first kappa shape index (κ1) is 23.0. The van der Waals surface area contributed by atoms with Gasteiger partial charge in [-0.3, -0.25) is 29.3 Å². The maximum absolute atomic E-state index is 13.5. The lowest BCUT2D eigenvalue weighted by Gasteiger charge is -2.30. The van der Waals surface area contributed by atoms with E-state index in [1.165, 1.54) is 18.2 Å². The van der Waals surface area contributed by atoms with E-state index in [4.69, 9.17) is 0 Å². The SMILES string of the molecule is CC1=CC[C@@H]2C(=O)N(N(CC(=O)c3ccc(C)cc3)C(=O)c3cccc([N+](=O)[O-])c3)C(=O)[C@H]2C1. The van der Waals surface area contributed by atoms with E-state index in [1.54, 1.807) is 24.3 Å². The number of hydrogen-bond acceptors (Lipinski definition) is 6. The van der Waals surface area contributed by atoms with E-state index in [-0.39, 0.29) is 11.3 Å². The standard InChI is InChI=1S/C25H23N3O6/c1-15-6-9-17(10-7-15)22(29)14-26(23(30)18-4-3-5-19(13-18)28(33)34)27-24(31)20-11-8-16(2)12-21(20)25(27)32/h3-10,13,20-21H,11-12,14H2,1-2H3/t20-,21-/m0/s1. The third-order valence-corrected chi connectivity index (χ3v) is 6.25. The summed E-state index contributed by atoms with van der Waals surface area (Å²) in [6.45, 7) is 3.18. The summed E-state index contributed by atoms with van der Waals surface area (Å²) >= 11 is 0. The summed E-state index contributed by atoms with van der Waals surface area (Å²) in [7, 11) is 0. The van der Waals surface area contributed by atoms with Crippen molar-refractivity contribution in [1.29, 1.82) is 0 Å². The van der Waals surface area contributed by atoms with Crippen molar-refractivity contribution in [1.82, 2.24) is 10.0 Å². The van der Waals surface area contributed by atoms with Crippen molar-refractivity contribution in [2.24, 2.45) is 11.8 Å². The molecule has 1 fully saturated rings. The molecule has 0 spiro atoms. The molecule has 0 unspecified atom stereocenters. The molecule has 0 radical (unpaired) electrons. The molecule has 1 heterocycles. The third kappa shape index (κ3) is 4.24. The van der Waals surface area contributed by atoms with Crippen molar-refractivity contribution in [3.63, 3.8) is 0 Å². The fraction of sp³-hybridized carbons (Fsp3) is 0.280. The van der Waals surface area contributed by atoms with Crippen LogP contribution in [-0.4, -0.2) is 45.0 Å². The summed E-state index contributed by atoms with van der Waals surface area (Å²) < 4.78 is 0. The Morgan fingerprint density at radius 2 is 1.71 bits per heavy atom. The van der Waals surface area contributed by atoms with Gasteiger partial charge in [-0.05, 0) is 32.8 Å². The van der Waals surface area contributed by atoms with Gasteiger partial charge in [0.15, 0.2) is 5.78 Å². The number of nitro benzene ring substituents is 1. The number of aryl methyl sites for hydroxylation is 1. The number of imide groups is 1. The average Bonchev–Trinajstić information content (AvgIpc) is 3.06. The summed E-state index contributed by atoms with van der Waals surface area (Å²) in [5.41, 5.74) is 1.82. The molecule has 1 aliphatic carbocycles. The highest BCUT2D eigenvalue weighted by molar-refractivity contribution is 6.09. The van der Waals surface area contributed by atoms with Crippen LogP contribution < -0.4 is 0 Å². The Labute approximate surface area is 195 Å². The van der Waals surface area contributed by atoms with Crippen LogP contribution in [0, 0.1) is 28.9 Å². The number of ketones is 1. The van der Waals surface area contributed by atoms with E-state index in [1.807, 2.05) is 19.9 Å². The molecule has 0 aromatic heterocycles. The molecule has 34 heavy (non-hydrogen) atoms. The van der Waals surface area contributed by atoms with Crippen LogP contribution in [0.2, 0.25) is 0 Å². The van der Waals surface area contributed by atoms with E-state index < -0.39 is 46.8 Å². The number of carbonyl (C=O) groups excluding carboxylic acids is 4. The summed E-state index contributed by atoms with van der Waals surface area (Å²) in [6.07, 6.45) is 2.68. The Kier molecular flexibility index (Phi) is 6.10. The van der Waals surface area contributed by atoms with Crippen LogP contribution >= 0.6 is 0 Å². The Hall–Kier alpha value is -4.14. The van der Waals surface area contributed by atoms with Gasteiger partial charge in [0, 0.05) is 23.3 Å². The molecule has 4 rings (SSSR count). The Bertz CT molecular complexity index is 1230. The maximum Gasteiger partial charge on any atom is 0.273 e. The summed E-state index contributed by atoms with van der Waals surface area (Å²) in [5, 5.41) is 12.8. The molecule has 1 aliphatic heterocycles. The lowest BCUT2D eigenvalue weighted by atomic mass is 9.82. The molecule has 2 aromatic carbocycles. The minimum atomic E-state index is -0.839. The monoisotopic (exact) mass is 461 g/mol. The van der Waals surface area contributed by atoms with Crippen molar-refractivity contribution >= 4 is 29.2 Å². The van der Waals surface area contributed by atoms with E-state index in [0.717, 1.165) is 27.2 Å². The zero-order chi connectivity index (χ0) is 24.6. The van der Waals surface area contributed by atoms with Crippen LogP contribution in [0.5, 0.6) is 0 Å². The quantitative estimate of drug-likeness (QED) is 0.214. The highest BCUT2D eigenvalue weighted by Crippen LogP contribution is 2.38. The van der Waals surface area contributed by atoms with Gasteiger partial charge in [0.25, 0.3) is 23.4 Å². The number of nitro groups is 1. The largest absolute Gasteiger partial charge is 0.292 e. The molecule has 0 saturated carbocycles. The third-order valence-electron chi connectivity index (χ3n) is 6.25. The van der Waals surface area contributed by atoms with Crippen molar-refractivity contribution in [3.8, 4) is 0 Å². The fourth-order valence-electron chi connectivity index (χ4n) is 4.36. The number of non-ortho nitro benzene ring substituents is 1. The Morgan fingerprint density at radius 3 is 2.38 bits per heavy atom. The molecule has 9 heteroatoms. The second kappa shape index (κ2) is 9.01. The minimum Gasteiger partial charge on any atom is -0.292 e. The number of allylic oxidation sites excluding steroid dienone is 2. The number of carbonyl (C=O) groups is 4. The predicted octanol–water partition coefficient (Wildman–Crippen LogP) is 3.48. The highest BCUT2D eigenvalue weighted by Gasteiger charge is 2.51. The summed E-state index contributed by atoms with van der Waals surface area (Å²) in [4.78, 5) is 63.6. The predicted molar refractivity (Wildman–Crippen MR) is 121 cm³/mol. The topological polar surface area (TPSA) is 118 Å². The van der Waals surface area contributed by atoms with Crippen LogP contribution in [0.25, 0.3) is 0 Å². The number of amides is 3. The lowest BCUT2D eigenvalue weighted by Crippen LogP contribution is -2.52. The maximum atomic E-state index is 13.5. The zero-order valence-corrected chi connectivity index (χ0v) is 18.8. The van der Waals surface area contributed by atoms with Gasteiger partial charge in [0.2, 0.25) is 0 Å². The molecule has 3 amide bonds. The number of hydrogen-bond donors (Lipinski definition) is 0. The van der Waals surface area contributed by atoms with Gasteiger partial charge in [-0.2, -0.15) is 5.01 Å². The van der Waals surface area contributed by atoms with Crippen LogP contribution in [-0.2, 0) is 9.59 Å². The summed E-state index contributed by atoms with van der Waals surface area (Å²) in [5.74, 6) is -3.61. The number of fused-ring (bicyclic) bond motifs is 1. The van der Waals surface area contributed by atoms with Crippen molar-refractivity contribution in [2.75, 3.05) is 6.54 Å². The second-order valence-electron chi connectivity index (χ2n) is 8.65. The van der Waals surface area contributed by atoms with E-state index in [2.05, 4.69) is 0 Å². The van der Waals surface area contributed by atoms with E-state index >= 15 is 0 Å². The lowest BCUT2D eigenvalue weighted by molar-refractivity contribution is -0.384. The van der Waals surface area contributed by atoms with Gasteiger partial charge in [0.1, 0.15) is 6.54 Å². The zero-order valence-electron chi connectivity index (χ0n) is 18.8. The van der Waals surface area contributed by atoms with Gasteiger partial charge >= 0.3 is 0 Å². The van der Waals surface area contributed by atoms with Crippen LogP contribution in [0.1, 0.15) is 46.0 Å². The fourth-order valence-corrected chi connectivity index (χ4v) is 4.36. The average molecular weight is 461 g/mol. The highest BCUT2D eigenvalue weighted by atomic mass is 16.6. The first-order valence-corrected chi connectivity index (χ1v) is 10.9. The van der Waals surface area contributed by atoms with Crippen molar-refractivity contribution in [3.05, 3.63) is 87.0 Å². The Balaban J connectivity index is 1.71. The molecular formula is C25H23N3O6. The molecule has 1 saturated heterocycles. The van der Waals surface area contributed by atoms with Gasteiger partial charge in [-0.1, -0.05) is 47.5 Å². The van der Waals surface area contributed by atoms with Gasteiger partial charge in [-0.15, -0.1) is 0 Å². The second-order valence-corrected chi connectivity index (χ2v) is 8.65. The molecule has 9 nitrogen and oxygen atoms in total. The summed E-state index contributed by atoms with van der Waals surface area (Å²) in [6, 6.07) is 11.7. The minimum absolute atomic E-state index is 0.101. The van der Waals surface area contributed by atoms with Gasteiger partial charge < -0.3 is 0 Å². The molecule has 2 atom stereocenters. The van der Waals surface area contributed by atoms with Gasteiger partial charge in [0.05, 0.1) is 16.8 Å². The first-order chi connectivity index (χ1) is 16.2. The number of hydrazine groups is 1. The van der Waals surface area contributed by atoms with Crippen LogP contribution in [0.3, 0.4) is 0 Å². The number of benzene rings is 2.